The zero-order chi connectivity index (χ0) is 45.0. The van der Waals surface area contributed by atoms with E-state index < -0.39 is 73.0 Å². The molecule has 10 rings (SSSR count). The minimum atomic E-state index is -5.33. The van der Waals surface area contributed by atoms with Crippen LogP contribution in [-0.2, 0) is 0 Å². The quantitative estimate of drug-likeness (QED) is 0.176. The first kappa shape index (κ1) is 43.7. The number of hydrogen-bond acceptors (Lipinski definition) is 3. The molecule has 9 heteroatoms. The van der Waals surface area contributed by atoms with Crippen molar-refractivity contribution < 1.29 is 0 Å². The monoisotopic (exact) mass is 1180 g/mol. The number of aromatic nitrogens is 3. The molecule has 6 nitrogen and oxygen atoms in total. The van der Waals surface area contributed by atoms with Crippen molar-refractivity contribution in [1.29, 1.82) is 0 Å². The maximum absolute atomic E-state index is 17.3. The summed E-state index contributed by atoms with van der Waals surface area (Å²) in [7, 11) is 0. The van der Waals surface area contributed by atoms with E-state index in [9.17, 15) is 0 Å². The Morgan fingerprint density at radius 1 is 0.182 bits per heavy atom. The maximum atomic E-state index is 17.3. The van der Waals surface area contributed by atoms with Gasteiger partial charge in [-0.15, -0.1) is 0 Å². The number of nitrogens with zero attached hydrogens (tertiary/aromatic N) is 3. The third-order valence-corrected chi connectivity index (χ3v) is 51.9. The average molecular weight is 1180 g/mol. The summed E-state index contributed by atoms with van der Waals surface area (Å²) < 4.78 is 13.1. The van der Waals surface area contributed by atoms with Crippen molar-refractivity contribution in [2.45, 2.75) is 0 Å². The Morgan fingerprint density at radius 2 is 0.288 bits per heavy atom. The van der Waals surface area contributed by atoms with Crippen LogP contribution in [0.4, 0.5) is 0 Å². The molecule has 1 heterocycles. The molecule has 0 spiro atoms. The number of hydrogen-bond donors (Lipinski definition) is 0. The molecule has 0 aliphatic carbocycles. The molecule has 10 aromatic rings. The first-order valence-corrected chi connectivity index (χ1v) is 38.7. The van der Waals surface area contributed by atoms with Gasteiger partial charge in [0.1, 0.15) is 0 Å². The predicted molar refractivity (Wildman–Crippen MR) is 277 cm³/mol. The summed E-state index contributed by atoms with van der Waals surface area (Å²) in [5.74, 6) is 0. The van der Waals surface area contributed by atoms with Crippen molar-refractivity contribution in [3.63, 3.8) is 0 Å². The molecule has 0 saturated heterocycles. The predicted octanol–water partition coefficient (Wildman–Crippen LogP) is 3.72. The molecule has 0 bridgehead atoms. The minimum absolute atomic E-state index is 0.588. The summed E-state index contributed by atoms with van der Waals surface area (Å²) in [6, 6.07) is 91.0. The van der Waals surface area contributed by atoms with Crippen molar-refractivity contribution in [3.8, 4) is 0 Å². The Bertz CT molecular complexity index is 2710. The van der Waals surface area contributed by atoms with Gasteiger partial charge < -0.3 is 0 Å². The zero-order valence-electron chi connectivity index (χ0n) is 36.0. The van der Waals surface area contributed by atoms with E-state index in [1.54, 1.807) is 8.37 Å². The van der Waals surface area contributed by atoms with Crippen molar-refractivity contribution >= 4 is 88.2 Å². The second-order valence-electron chi connectivity index (χ2n) is 16.3. The van der Waals surface area contributed by atoms with Crippen LogP contribution < -0.4 is 49.3 Å². The summed E-state index contributed by atoms with van der Waals surface area (Å²) in [4.78, 5) is 51.8. The Labute approximate surface area is 397 Å². The Hall–Kier alpha value is -6.21. The van der Waals surface area contributed by atoms with Gasteiger partial charge in [0.2, 0.25) is 0 Å². The third kappa shape index (κ3) is 7.12. The van der Waals surface area contributed by atoms with Crippen LogP contribution in [-0.4, -0.2) is 64.3 Å². The van der Waals surface area contributed by atoms with Gasteiger partial charge in [0, 0.05) is 0 Å². The van der Waals surface area contributed by atoms with Crippen molar-refractivity contribution in [1.82, 2.24) is 8.37 Å². The van der Waals surface area contributed by atoms with Crippen LogP contribution in [0.25, 0.3) is 0 Å². The Kier molecular flexibility index (Phi) is 12.5. The second kappa shape index (κ2) is 18.9. The molecule has 0 aliphatic rings. The van der Waals surface area contributed by atoms with Crippen LogP contribution in [0.2, 0.25) is 0 Å². The number of benzene rings is 9. The Balaban J connectivity index is 1.57. The van der Waals surface area contributed by atoms with E-state index in [1.807, 2.05) is 164 Å². The van der Waals surface area contributed by atoms with Crippen LogP contribution in [0.3, 0.4) is 0 Å². The van der Waals surface area contributed by atoms with Crippen molar-refractivity contribution in [3.05, 3.63) is 304 Å². The zero-order valence-corrected chi connectivity index (χ0v) is 44.6. The molecular formula is C57H45N3O3Sn3. The summed E-state index contributed by atoms with van der Waals surface area (Å²) in [6.45, 7) is 0. The fourth-order valence-corrected chi connectivity index (χ4v) is 51.8. The fraction of sp³-hybridized carbons (Fsp3) is 0. The molecule has 1 aromatic heterocycles. The van der Waals surface area contributed by atoms with Gasteiger partial charge in [-0.05, 0) is 0 Å². The molecule has 0 unspecified atom stereocenters. The molecule has 0 radical (unpaired) electrons. The van der Waals surface area contributed by atoms with Crippen molar-refractivity contribution in [2.75, 3.05) is 0 Å². The standard InChI is InChI=1S/9C6H5.C3H3N3O3.3Sn/c9*1-2-4-6-5-3-1;7-1-4-2(8)6-3(9)5-1;;;/h9*1-5H;(H3,4,5,6,7,8,9);;;/q;;;;;;;;;;3*+1/p-3. The van der Waals surface area contributed by atoms with Gasteiger partial charge in [-0.25, -0.2) is 0 Å². The number of rotatable bonds is 12. The van der Waals surface area contributed by atoms with Gasteiger partial charge in [0.05, 0.1) is 0 Å². The topological polar surface area (TPSA) is 66.0 Å². The first-order valence-electron chi connectivity index (χ1n) is 22.1. The summed E-state index contributed by atoms with van der Waals surface area (Å²) >= 11 is -16.0. The molecule has 0 aliphatic heterocycles. The van der Waals surface area contributed by atoms with Gasteiger partial charge in [-0.3, -0.25) is 0 Å². The van der Waals surface area contributed by atoms with Gasteiger partial charge >= 0.3 is 401 Å². The van der Waals surface area contributed by atoms with E-state index in [1.165, 1.54) is 0 Å². The molecule has 0 fully saturated rings. The molecule has 0 atom stereocenters. The van der Waals surface area contributed by atoms with Crippen molar-refractivity contribution in [2.24, 2.45) is 0 Å². The normalized spacial score (nSPS) is 11.8. The van der Waals surface area contributed by atoms with Gasteiger partial charge in [-0.2, -0.15) is 0 Å². The van der Waals surface area contributed by atoms with Gasteiger partial charge in [0.25, 0.3) is 0 Å². The molecular weight excluding hydrogens is 1130 g/mol. The molecule has 318 valence electrons. The van der Waals surface area contributed by atoms with Crippen LogP contribution in [0, 0.1) is 0 Å². The SMILES string of the molecule is O=c1[n]([Sn]([c]2ccccc2)([c]2ccccc2)[c]2ccccc2)c(=O)[n]([Sn]([c]2ccccc2)([c]2ccccc2)[c]2ccccc2)c(=O)[n]1[Sn]([c]1ccccc1)([c]1ccccc1)[c]1ccccc1. The molecule has 9 aromatic carbocycles. The molecule has 0 saturated carbocycles. The van der Waals surface area contributed by atoms with Gasteiger partial charge in [-0.1, -0.05) is 0 Å². The van der Waals surface area contributed by atoms with E-state index in [4.69, 9.17) is 0 Å². The molecule has 0 N–H and O–H groups in total. The Morgan fingerprint density at radius 3 is 0.394 bits per heavy atom. The van der Waals surface area contributed by atoms with E-state index >= 15 is 14.4 Å². The van der Waals surface area contributed by atoms with Crippen LogP contribution >= 0.6 is 0 Å². The average Bonchev–Trinajstić information content (AvgIpc) is 3.40. The first-order chi connectivity index (χ1) is 32.5. The summed E-state index contributed by atoms with van der Waals surface area (Å²) in [5.41, 5.74) is -1.76. The van der Waals surface area contributed by atoms with Crippen LogP contribution in [0.5, 0.6) is 0 Å². The molecule has 66 heavy (non-hydrogen) atoms. The van der Waals surface area contributed by atoms with E-state index in [0.29, 0.717) is 0 Å². The van der Waals surface area contributed by atoms with E-state index in [0.717, 1.165) is 32.2 Å². The van der Waals surface area contributed by atoms with E-state index in [-0.39, 0.29) is 0 Å². The van der Waals surface area contributed by atoms with E-state index in [2.05, 4.69) is 109 Å². The summed E-state index contributed by atoms with van der Waals surface area (Å²) in [6.07, 6.45) is 0. The molecule has 0 amide bonds. The van der Waals surface area contributed by atoms with Crippen LogP contribution in [0.1, 0.15) is 0 Å². The second-order valence-corrected chi connectivity index (χ2v) is 47.1. The third-order valence-electron chi connectivity index (χ3n) is 12.9. The van der Waals surface area contributed by atoms with Gasteiger partial charge in [0.15, 0.2) is 0 Å². The van der Waals surface area contributed by atoms with Crippen LogP contribution in [0.15, 0.2) is 287 Å². The summed E-state index contributed by atoms with van der Waals surface area (Å²) in [5, 5.41) is 0. The fourth-order valence-electron chi connectivity index (χ4n) is 10.2.